The van der Waals surface area contributed by atoms with E-state index in [1.54, 1.807) is 25.1 Å². The Balaban J connectivity index is 1.91. The lowest BCUT2D eigenvalue weighted by molar-refractivity contribution is -0.137. The van der Waals surface area contributed by atoms with Crippen molar-refractivity contribution in [3.63, 3.8) is 0 Å². The van der Waals surface area contributed by atoms with Crippen LogP contribution in [0, 0.1) is 6.92 Å². The number of nitrogens with zero attached hydrogens (tertiary/aromatic N) is 4. The normalized spacial score (nSPS) is 12.0. The lowest BCUT2D eigenvalue weighted by Gasteiger charge is -2.10. The molecule has 0 bridgehead atoms. The van der Waals surface area contributed by atoms with Crippen LogP contribution in [-0.4, -0.2) is 28.4 Å². The summed E-state index contributed by atoms with van der Waals surface area (Å²) in [6.45, 7) is 1.55. The minimum Gasteiger partial charge on any atom is -0.253 e. The van der Waals surface area contributed by atoms with Crippen molar-refractivity contribution in [3.8, 4) is 11.5 Å². The van der Waals surface area contributed by atoms with Gasteiger partial charge in [0.1, 0.15) is 11.5 Å². The standard InChI is InChI=1S/C16H12F3N5O2S/c1-10-21-14(13-4-2-3-9-20-13)23-15(22-10)24-27(25,26)12-7-5-11(6-8-12)16(17,18)19/h2-9H,1H3,(H,21,22,23,24). The highest BCUT2D eigenvalue weighted by atomic mass is 32.2. The second kappa shape index (κ2) is 6.91. The van der Waals surface area contributed by atoms with Crippen molar-refractivity contribution < 1.29 is 21.6 Å². The summed E-state index contributed by atoms with van der Waals surface area (Å²) in [4.78, 5) is 15.8. The zero-order valence-corrected chi connectivity index (χ0v) is 14.6. The molecule has 0 radical (unpaired) electrons. The van der Waals surface area contributed by atoms with E-state index in [1.807, 2.05) is 0 Å². The van der Waals surface area contributed by atoms with E-state index in [1.165, 1.54) is 6.20 Å². The van der Waals surface area contributed by atoms with Crippen LogP contribution in [0.4, 0.5) is 19.1 Å². The van der Waals surface area contributed by atoms with Crippen molar-refractivity contribution in [2.75, 3.05) is 4.72 Å². The molecular formula is C16H12F3N5O2S. The zero-order valence-electron chi connectivity index (χ0n) is 13.8. The number of aromatic nitrogens is 4. The van der Waals surface area contributed by atoms with Crippen molar-refractivity contribution in [1.29, 1.82) is 0 Å². The van der Waals surface area contributed by atoms with Gasteiger partial charge >= 0.3 is 6.18 Å². The van der Waals surface area contributed by atoms with Gasteiger partial charge < -0.3 is 0 Å². The van der Waals surface area contributed by atoms with Gasteiger partial charge in [-0.15, -0.1) is 0 Å². The first-order chi connectivity index (χ1) is 12.6. The monoisotopic (exact) mass is 395 g/mol. The maximum atomic E-state index is 12.6. The van der Waals surface area contributed by atoms with Crippen molar-refractivity contribution in [3.05, 3.63) is 60.0 Å². The van der Waals surface area contributed by atoms with E-state index in [9.17, 15) is 21.6 Å². The molecule has 0 amide bonds. The number of nitrogens with one attached hydrogen (secondary N) is 1. The lowest BCUT2D eigenvalue weighted by atomic mass is 10.2. The Morgan fingerprint density at radius 2 is 1.67 bits per heavy atom. The SMILES string of the molecule is Cc1nc(NS(=O)(=O)c2ccc(C(F)(F)F)cc2)nc(-c2ccccn2)n1. The molecule has 140 valence electrons. The molecule has 0 aliphatic rings. The summed E-state index contributed by atoms with van der Waals surface area (Å²) in [5.41, 5.74) is -0.534. The molecular weight excluding hydrogens is 383 g/mol. The third kappa shape index (κ3) is 4.37. The molecule has 2 heterocycles. The fourth-order valence-electron chi connectivity index (χ4n) is 2.14. The molecule has 0 unspecified atom stereocenters. The number of benzene rings is 1. The second-order valence-corrected chi connectivity index (χ2v) is 7.05. The molecule has 1 aromatic carbocycles. The van der Waals surface area contributed by atoms with Crippen LogP contribution in [0.5, 0.6) is 0 Å². The number of rotatable bonds is 4. The van der Waals surface area contributed by atoms with Crippen LogP contribution in [-0.2, 0) is 16.2 Å². The van der Waals surface area contributed by atoms with Gasteiger partial charge in [0.25, 0.3) is 10.0 Å². The van der Waals surface area contributed by atoms with E-state index in [-0.39, 0.29) is 22.5 Å². The number of hydrogen-bond acceptors (Lipinski definition) is 6. The predicted octanol–water partition coefficient (Wildman–Crippen LogP) is 3.06. The van der Waals surface area contributed by atoms with E-state index < -0.39 is 21.8 Å². The highest BCUT2D eigenvalue weighted by Crippen LogP contribution is 2.30. The topological polar surface area (TPSA) is 97.7 Å². The molecule has 7 nitrogen and oxygen atoms in total. The number of pyridine rings is 1. The summed E-state index contributed by atoms with van der Waals surface area (Å²) in [7, 11) is -4.18. The average molecular weight is 395 g/mol. The molecule has 2 aromatic heterocycles. The summed E-state index contributed by atoms with van der Waals surface area (Å²) >= 11 is 0. The molecule has 1 N–H and O–H groups in total. The number of aryl methyl sites for hydroxylation is 1. The van der Waals surface area contributed by atoms with Gasteiger partial charge in [-0.25, -0.2) is 18.1 Å². The largest absolute Gasteiger partial charge is 0.416 e. The maximum Gasteiger partial charge on any atom is 0.416 e. The van der Waals surface area contributed by atoms with Crippen LogP contribution in [0.2, 0.25) is 0 Å². The van der Waals surface area contributed by atoms with Gasteiger partial charge in [-0.05, 0) is 43.3 Å². The highest BCUT2D eigenvalue weighted by molar-refractivity contribution is 7.92. The fourth-order valence-corrected chi connectivity index (χ4v) is 3.08. The smallest absolute Gasteiger partial charge is 0.253 e. The first-order valence-electron chi connectivity index (χ1n) is 7.49. The van der Waals surface area contributed by atoms with Gasteiger partial charge in [0.15, 0.2) is 5.82 Å². The van der Waals surface area contributed by atoms with E-state index in [2.05, 4.69) is 24.7 Å². The van der Waals surface area contributed by atoms with Crippen molar-refractivity contribution in [1.82, 2.24) is 19.9 Å². The third-order valence-electron chi connectivity index (χ3n) is 3.36. The highest BCUT2D eigenvalue weighted by Gasteiger charge is 2.30. The number of sulfonamides is 1. The summed E-state index contributed by atoms with van der Waals surface area (Å²) < 4.78 is 64.8. The Morgan fingerprint density at radius 3 is 2.26 bits per heavy atom. The molecule has 0 saturated carbocycles. The van der Waals surface area contributed by atoms with Gasteiger partial charge in [-0.2, -0.15) is 23.1 Å². The Kier molecular flexibility index (Phi) is 4.79. The summed E-state index contributed by atoms with van der Waals surface area (Å²) in [6.07, 6.45) is -3.03. The first-order valence-corrected chi connectivity index (χ1v) is 8.98. The number of hydrogen-bond donors (Lipinski definition) is 1. The second-order valence-electron chi connectivity index (χ2n) is 5.37. The van der Waals surface area contributed by atoms with E-state index in [0.717, 1.165) is 12.1 Å². The molecule has 27 heavy (non-hydrogen) atoms. The van der Waals surface area contributed by atoms with E-state index in [0.29, 0.717) is 17.8 Å². The van der Waals surface area contributed by atoms with Crippen molar-refractivity contribution in [2.45, 2.75) is 18.0 Å². The summed E-state index contributed by atoms with van der Waals surface area (Å²) in [6, 6.07) is 8.15. The quantitative estimate of drug-likeness (QED) is 0.729. The Labute approximate surface area is 152 Å². The van der Waals surface area contributed by atoms with Gasteiger partial charge in [-0.1, -0.05) is 6.07 Å². The first kappa shape index (κ1) is 18.7. The number of anilines is 1. The van der Waals surface area contributed by atoms with Gasteiger partial charge in [-0.3, -0.25) is 4.98 Å². The summed E-state index contributed by atoms with van der Waals surface area (Å²) in [5, 5.41) is 0. The number of halogens is 3. The molecule has 0 aliphatic carbocycles. The van der Waals surface area contributed by atoms with Crippen LogP contribution in [0.1, 0.15) is 11.4 Å². The van der Waals surface area contributed by atoms with Crippen LogP contribution < -0.4 is 4.72 Å². The Hall–Kier alpha value is -3.08. The van der Waals surface area contributed by atoms with E-state index >= 15 is 0 Å². The molecule has 0 spiro atoms. The van der Waals surface area contributed by atoms with Crippen LogP contribution in [0.15, 0.2) is 53.6 Å². The van der Waals surface area contributed by atoms with E-state index in [4.69, 9.17) is 0 Å². The molecule has 0 atom stereocenters. The molecule has 3 rings (SSSR count). The van der Waals surface area contributed by atoms with Crippen molar-refractivity contribution >= 4 is 16.0 Å². The molecule has 3 aromatic rings. The average Bonchev–Trinajstić information content (AvgIpc) is 2.61. The molecule has 0 aliphatic heterocycles. The summed E-state index contributed by atoms with van der Waals surface area (Å²) in [5.74, 6) is 0.145. The lowest BCUT2D eigenvalue weighted by Crippen LogP contribution is -2.16. The van der Waals surface area contributed by atoms with Gasteiger partial charge in [0.05, 0.1) is 10.5 Å². The Bertz CT molecular complexity index is 1060. The van der Waals surface area contributed by atoms with Crippen molar-refractivity contribution in [2.24, 2.45) is 0 Å². The molecule has 11 heteroatoms. The predicted molar refractivity (Wildman–Crippen MR) is 90.0 cm³/mol. The number of alkyl halides is 3. The minimum absolute atomic E-state index is 0.160. The molecule has 0 fully saturated rings. The van der Waals surface area contributed by atoms with Crippen LogP contribution >= 0.6 is 0 Å². The maximum absolute atomic E-state index is 12.6. The van der Waals surface area contributed by atoms with Gasteiger partial charge in [0, 0.05) is 6.20 Å². The Morgan fingerprint density at radius 1 is 0.963 bits per heavy atom. The molecule has 0 saturated heterocycles. The van der Waals surface area contributed by atoms with Gasteiger partial charge in [0.2, 0.25) is 5.95 Å². The fraction of sp³-hybridized carbons (Fsp3) is 0.125. The third-order valence-corrected chi connectivity index (χ3v) is 4.70. The minimum atomic E-state index is -4.56. The zero-order chi connectivity index (χ0) is 19.7. The van der Waals surface area contributed by atoms with Crippen LogP contribution in [0.25, 0.3) is 11.5 Å². The van der Waals surface area contributed by atoms with Crippen LogP contribution in [0.3, 0.4) is 0 Å².